The van der Waals surface area contributed by atoms with E-state index in [4.69, 9.17) is 0 Å². The first-order valence-corrected chi connectivity index (χ1v) is 17.6. The van der Waals surface area contributed by atoms with Gasteiger partial charge in [-0.1, -0.05) is 121 Å². The van der Waals surface area contributed by atoms with Crippen LogP contribution in [0.4, 0.5) is 21.5 Å². The first-order chi connectivity index (χ1) is 25.6. The van der Waals surface area contributed by atoms with Gasteiger partial charge in [0.05, 0.1) is 11.0 Å². The summed E-state index contributed by atoms with van der Waals surface area (Å²) in [5, 5.41) is 2.48. The summed E-state index contributed by atoms with van der Waals surface area (Å²) in [4.78, 5) is 2.28. The molecular weight excluding hydrogens is 636 g/mol. The quantitative estimate of drug-likeness (QED) is 0.164. The second-order valence-corrected chi connectivity index (χ2v) is 13.3. The Labute approximate surface area is 303 Å². The van der Waals surface area contributed by atoms with Gasteiger partial charge in [0.1, 0.15) is 5.82 Å². The highest BCUT2D eigenvalue weighted by molar-refractivity contribution is 6.10. The van der Waals surface area contributed by atoms with Crippen molar-refractivity contribution < 1.29 is 4.39 Å². The van der Waals surface area contributed by atoms with Crippen LogP contribution < -0.4 is 4.90 Å². The minimum absolute atomic E-state index is 0.233. The SMILES string of the molecule is Cc1ccc(-n2c3ccccc3c3cc(-c4ccc(N(c5ccc(-c6ccccc6)cc5)c5ccc(-c6ccc(F)cc6)cc5)cc4)ccc32)cc1. The molecule has 0 radical (unpaired) electrons. The molecule has 0 bridgehead atoms. The van der Waals surface area contributed by atoms with Crippen LogP contribution in [0.25, 0.3) is 60.9 Å². The molecule has 0 aliphatic heterocycles. The molecule has 0 unspecified atom stereocenters. The largest absolute Gasteiger partial charge is 0.311 e. The van der Waals surface area contributed by atoms with Gasteiger partial charge in [0.15, 0.2) is 0 Å². The second kappa shape index (κ2) is 13.2. The fourth-order valence-corrected chi connectivity index (χ4v) is 7.25. The van der Waals surface area contributed by atoms with E-state index in [1.54, 1.807) is 0 Å². The summed E-state index contributed by atoms with van der Waals surface area (Å²) in [5.74, 6) is -0.233. The Kier molecular flexibility index (Phi) is 7.94. The molecule has 8 aromatic carbocycles. The van der Waals surface area contributed by atoms with Crippen LogP contribution in [-0.4, -0.2) is 4.57 Å². The number of halogens is 1. The van der Waals surface area contributed by atoms with Crippen molar-refractivity contribution in [1.29, 1.82) is 0 Å². The molecule has 3 heteroatoms. The number of hydrogen-bond acceptors (Lipinski definition) is 1. The van der Waals surface area contributed by atoms with Crippen molar-refractivity contribution in [2.24, 2.45) is 0 Å². The van der Waals surface area contributed by atoms with E-state index in [1.165, 1.54) is 56.2 Å². The molecule has 0 fully saturated rings. The fraction of sp³-hybridized carbons (Fsp3) is 0.0204. The normalized spacial score (nSPS) is 11.3. The Hall–Kier alpha value is -6.71. The molecule has 0 aliphatic rings. The van der Waals surface area contributed by atoms with E-state index in [0.29, 0.717) is 0 Å². The summed E-state index contributed by atoms with van der Waals surface area (Å²) in [7, 11) is 0. The molecule has 1 aromatic heterocycles. The molecule has 0 amide bonds. The van der Waals surface area contributed by atoms with Gasteiger partial charge in [-0.15, -0.1) is 0 Å². The molecule has 0 aliphatic carbocycles. The maximum absolute atomic E-state index is 13.6. The molecule has 0 N–H and O–H groups in total. The van der Waals surface area contributed by atoms with Crippen LogP contribution in [0.3, 0.4) is 0 Å². The highest BCUT2D eigenvalue weighted by atomic mass is 19.1. The molecule has 0 atom stereocenters. The minimum Gasteiger partial charge on any atom is -0.311 e. The minimum atomic E-state index is -0.233. The van der Waals surface area contributed by atoms with Crippen molar-refractivity contribution in [3.8, 4) is 39.1 Å². The van der Waals surface area contributed by atoms with E-state index in [2.05, 4.69) is 180 Å². The van der Waals surface area contributed by atoms with Crippen LogP contribution in [0.15, 0.2) is 194 Å². The van der Waals surface area contributed by atoms with Crippen LogP contribution in [-0.2, 0) is 0 Å². The molecule has 1 heterocycles. The Bertz CT molecular complexity index is 2640. The van der Waals surface area contributed by atoms with Gasteiger partial charge >= 0.3 is 0 Å². The number of nitrogens with zero attached hydrogens (tertiary/aromatic N) is 2. The third-order valence-electron chi connectivity index (χ3n) is 9.96. The predicted octanol–water partition coefficient (Wildman–Crippen LogP) is 13.7. The van der Waals surface area contributed by atoms with Crippen LogP contribution in [0, 0.1) is 12.7 Å². The molecule has 0 saturated heterocycles. The lowest BCUT2D eigenvalue weighted by Crippen LogP contribution is -2.09. The summed E-state index contributed by atoms with van der Waals surface area (Å²) < 4.78 is 16.0. The van der Waals surface area contributed by atoms with Crippen LogP contribution in [0.1, 0.15) is 5.56 Å². The van der Waals surface area contributed by atoms with Gasteiger partial charge in [0, 0.05) is 33.5 Å². The summed E-state index contributed by atoms with van der Waals surface area (Å²) >= 11 is 0. The molecule has 9 rings (SSSR count). The highest BCUT2D eigenvalue weighted by Gasteiger charge is 2.16. The lowest BCUT2D eigenvalue weighted by molar-refractivity contribution is 0.628. The Morgan fingerprint density at radius 3 is 1.40 bits per heavy atom. The summed E-state index contributed by atoms with van der Waals surface area (Å²) in [5.41, 5.74) is 14.7. The van der Waals surface area contributed by atoms with Crippen LogP contribution in [0.5, 0.6) is 0 Å². The van der Waals surface area contributed by atoms with Gasteiger partial charge in [-0.25, -0.2) is 4.39 Å². The predicted molar refractivity (Wildman–Crippen MR) is 216 cm³/mol. The van der Waals surface area contributed by atoms with Gasteiger partial charge in [-0.05, 0) is 119 Å². The maximum Gasteiger partial charge on any atom is 0.123 e. The molecule has 0 spiro atoms. The number of aryl methyl sites for hydroxylation is 1. The Morgan fingerprint density at radius 1 is 0.385 bits per heavy atom. The van der Waals surface area contributed by atoms with E-state index in [-0.39, 0.29) is 5.82 Å². The number of benzene rings is 8. The van der Waals surface area contributed by atoms with E-state index < -0.39 is 0 Å². The lowest BCUT2D eigenvalue weighted by Gasteiger charge is -2.26. The monoisotopic (exact) mass is 670 g/mol. The molecule has 2 nitrogen and oxygen atoms in total. The van der Waals surface area contributed by atoms with E-state index in [0.717, 1.165) is 39.4 Å². The fourth-order valence-electron chi connectivity index (χ4n) is 7.25. The average molecular weight is 671 g/mol. The van der Waals surface area contributed by atoms with Crippen molar-refractivity contribution in [3.63, 3.8) is 0 Å². The van der Waals surface area contributed by atoms with Gasteiger partial charge < -0.3 is 9.47 Å². The third kappa shape index (κ3) is 5.82. The van der Waals surface area contributed by atoms with Gasteiger partial charge in [-0.3, -0.25) is 0 Å². The zero-order valence-electron chi connectivity index (χ0n) is 28.7. The molecular formula is C49H35FN2. The standard InChI is InChI=1S/C49H35FN2/c1-34-11-24-45(25-12-34)52-48-10-6-5-9-46(48)47-33-40(21-32-49(47)52)39-19-30-44(31-20-39)51(42-26-15-37(16-27-42)35-7-3-2-4-8-35)43-28-17-38(18-29-43)36-13-22-41(50)23-14-36/h2-33H,1H3. The number of rotatable bonds is 7. The van der Waals surface area contributed by atoms with E-state index in [9.17, 15) is 4.39 Å². The second-order valence-electron chi connectivity index (χ2n) is 13.3. The lowest BCUT2D eigenvalue weighted by atomic mass is 10.0. The summed E-state index contributed by atoms with van der Waals surface area (Å²) in [6.07, 6.45) is 0. The van der Waals surface area contributed by atoms with Crippen LogP contribution in [0.2, 0.25) is 0 Å². The van der Waals surface area contributed by atoms with Gasteiger partial charge in [0.25, 0.3) is 0 Å². The maximum atomic E-state index is 13.6. The van der Waals surface area contributed by atoms with Crippen molar-refractivity contribution in [1.82, 2.24) is 4.57 Å². The number of fused-ring (bicyclic) bond motifs is 3. The first kappa shape index (κ1) is 31.3. The summed E-state index contributed by atoms with van der Waals surface area (Å²) in [6.45, 7) is 2.12. The molecule has 9 aromatic rings. The molecule has 0 saturated carbocycles. The Balaban J connectivity index is 1.09. The van der Waals surface area contributed by atoms with Crippen molar-refractivity contribution in [2.45, 2.75) is 6.92 Å². The Morgan fingerprint density at radius 2 is 0.827 bits per heavy atom. The van der Waals surface area contributed by atoms with Crippen molar-refractivity contribution >= 4 is 38.9 Å². The number of aromatic nitrogens is 1. The molecule has 248 valence electrons. The van der Waals surface area contributed by atoms with Gasteiger partial charge in [-0.2, -0.15) is 0 Å². The van der Waals surface area contributed by atoms with E-state index >= 15 is 0 Å². The van der Waals surface area contributed by atoms with Gasteiger partial charge in [0.2, 0.25) is 0 Å². The van der Waals surface area contributed by atoms with Crippen molar-refractivity contribution in [3.05, 3.63) is 206 Å². The zero-order valence-corrected chi connectivity index (χ0v) is 28.7. The number of anilines is 3. The first-order valence-electron chi connectivity index (χ1n) is 17.6. The van der Waals surface area contributed by atoms with Crippen molar-refractivity contribution in [2.75, 3.05) is 4.90 Å². The zero-order chi connectivity index (χ0) is 35.0. The highest BCUT2D eigenvalue weighted by Crippen LogP contribution is 2.39. The van der Waals surface area contributed by atoms with Crippen LogP contribution >= 0.6 is 0 Å². The topological polar surface area (TPSA) is 8.17 Å². The number of para-hydroxylation sites is 1. The number of hydrogen-bond donors (Lipinski definition) is 0. The molecule has 52 heavy (non-hydrogen) atoms. The smallest absolute Gasteiger partial charge is 0.123 e. The summed E-state index contributed by atoms with van der Waals surface area (Å²) in [6, 6.07) is 67.4. The third-order valence-corrected chi connectivity index (χ3v) is 9.96. The average Bonchev–Trinajstić information content (AvgIpc) is 3.53. The van der Waals surface area contributed by atoms with E-state index in [1.807, 2.05) is 18.2 Å².